The maximum absolute atomic E-state index is 12.4. The number of pyridine rings is 1. The van der Waals surface area contributed by atoms with E-state index in [2.05, 4.69) is 4.98 Å². The molecule has 0 atom stereocenters. The van der Waals surface area contributed by atoms with Crippen molar-refractivity contribution in [1.29, 1.82) is 0 Å². The number of piperazine rings is 1. The number of rotatable bonds is 5. The summed E-state index contributed by atoms with van der Waals surface area (Å²) in [5.74, 6) is 1.18. The standard InChI is InChI=1S/C17H17ClN4O3S/c18-13-1-4-15(5-2-13)26-12-17(23)21-9-7-20(8-10-21)16-6-3-14(11-19-16)22(24)25/h1-6,11H,7-10,12H2. The summed E-state index contributed by atoms with van der Waals surface area (Å²) in [6, 6.07) is 10.5. The maximum Gasteiger partial charge on any atom is 0.287 e. The summed E-state index contributed by atoms with van der Waals surface area (Å²) >= 11 is 7.35. The third-order valence-corrected chi connectivity index (χ3v) is 5.32. The lowest BCUT2D eigenvalue weighted by atomic mass is 10.3. The zero-order chi connectivity index (χ0) is 18.5. The molecule has 2 aromatic rings. The normalized spacial score (nSPS) is 14.3. The number of hydrogen-bond donors (Lipinski definition) is 0. The van der Waals surface area contributed by atoms with Gasteiger partial charge in [-0.05, 0) is 30.3 Å². The molecular weight excluding hydrogens is 376 g/mol. The molecule has 1 aliphatic heterocycles. The summed E-state index contributed by atoms with van der Waals surface area (Å²) in [5, 5.41) is 11.4. The number of hydrogen-bond acceptors (Lipinski definition) is 6. The fourth-order valence-electron chi connectivity index (χ4n) is 2.63. The van der Waals surface area contributed by atoms with Gasteiger partial charge in [-0.1, -0.05) is 11.6 Å². The second-order valence-electron chi connectivity index (χ2n) is 5.74. The number of thioether (sulfide) groups is 1. The minimum atomic E-state index is -0.467. The van der Waals surface area contributed by atoms with Crippen LogP contribution in [0.2, 0.25) is 5.02 Å². The first kappa shape index (κ1) is 18.5. The number of anilines is 1. The van der Waals surface area contributed by atoms with Crippen LogP contribution in [0.3, 0.4) is 0 Å². The van der Waals surface area contributed by atoms with Gasteiger partial charge in [0.05, 0.1) is 10.7 Å². The van der Waals surface area contributed by atoms with Crippen LogP contribution in [-0.2, 0) is 4.79 Å². The van der Waals surface area contributed by atoms with Gasteiger partial charge in [-0.25, -0.2) is 4.98 Å². The zero-order valence-electron chi connectivity index (χ0n) is 13.9. The molecule has 2 heterocycles. The molecule has 0 spiro atoms. The molecule has 1 aromatic carbocycles. The number of amides is 1. The molecule has 0 bridgehead atoms. The molecule has 0 aliphatic carbocycles. The second kappa shape index (κ2) is 8.37. The van der Waals surface area contributed by atoms with Crippen molar-refractivity contribution in [3.8, 4) is 0 Å². The number of aromatic nitrogens is 1. The third-order valence-electron chi connectivity index (χ3n) is 4.08. The van der Waals surface area contributed by atoms with Crippen LogP contribution in [0, 0.1) is 10.1 Å². The summed E-state index contributed by atoms with van der Waals surface area (Å²) in [6.45, 7) is 2.53. The molecule has 26 heavy (non-hydrogen) atoms. The Bertz CT molecular complexity index is 778. The van der Waals surface area contributed by atoms with Crippen LogP contribution in [0.25, 0.3) is 0 Å². The van der Waals surface area contributed by atoms with Crippen LogP contribution in [-0.4, -0.2) is 52.6 Å². The SMILES string of the molecule is O=C(CSc1ccc(Cl)cc1)N1CCN(c2ccc([N+](=O)[O-])cn2)CC1. The van der Waals surface area contributed by atoms with Crippen molar-refractivity contribution in [3.05, 3.63) is 57.7 Å². The van der Waals surface area contributed by atoms with Gasteiger partial charge in [-0.2, -0.15) is 0 Å². The van der Waals surface area contributed by atoms with Gasteiger partial charge in [0.1, 0.15) is 12.0 Å². The van der Waals surface area contributed by atoms with Crippen molar-refractivity contribution in [1.82, 2.24) is 9.88 Å². The Hall–Kier alpha value is -2.32. The van der Waals surface area contributed by atoms with E-state index < -0.39 is 4.92 Å². The van der Waals surface area contributed by atoms with E-state index in [0.717, 1.165) is 4.90 Å². The van der Waals surface area contributed by atoms with Crippen molar-refractivity contribution in [3.63, 3.8) is 0 Å². The predicted octanol–water partition coefficient (Wildman–Crippen LogP) is 3.08. The van der Waals surface area contributed by atoms with Gasteiger partial charge in [0.25, 0.3) is 5.69 Å². The van der Waals surface area contributed by atoms with Gasteiger partial charge in [0.2, 0.25) is 5.91 Å². The van der Waals surface area contributed by atoms with Gasteiger partial charge >= 0.3 is 0 Å². The molecule has 136 valence electrons. The van der Waals surface area contributed by atoms with Gasteiger partial charge < -0.3 is 9.80 Å². The minimum absolute atomic E-state index is 0.0261. The van der Waals surface area contributed by atoms with E-state index in [1.165, 1.54) is 24.0 Å². The minimum Gasteiger partial charge on any atom is -0.353 e. The van der Waals surface area contributed by atoms with E-state index in [1.807, 2.05) is 34.1 Å². The Morgan fingerprint density at radius 2 is 1.85 bits per heavy atom. The molecule has 0 unspecified atom stereocenters. The van der Waals surface area contributed by atoms with Crippen LogP contribution in [0.4, 0.5) is 11.5 Å². The Morgan fingerprint density at radius 3 is 2.42 bits per heavy atom. The summed E-state index contributed by atoms with van der Waals surface area (Å²) in [4.78, 5) is 31.6. The van der Waals surface area contributed by atoms with Gasteiger partial charge in [0, 0.05) is 42.2 Å². The fourth-order valence-corrected chi connectivity index (χ4v) is 3.55. The van der Waals surface area contributed by atoms with Gasteiger partial charge in [-0.15, -0.1) is 11.8 Å². The van der Waals surface area contributed by atoms with Crippen molar-refractivity contribution >= 4 is 40.8 Å². The molecule has 9 heteroatoms. The highest BCUT2D eigenvalue weighted by molar-refractivity contribution is 8.00. The molecule has 1 aromatic heterocycles. The van der Waals surface area contributed by atoms with E-state index in [-0.39, 0.29) is 11.6 Å². The molecule has 0 N–H and O–H groups in total. The number of benzene rings is 1. The summed E-state index contributed by atoms with van der Waals surface area (Å²) in [7, 11) is 0. The van der Waals surface area contributed by atoms with Crippen LogP contribution in [0.5, 0.6) is 0 Å². The number of carbonyl (C=O) groups is 1. The Morgan fingerprint density at radius 1 is 1.15 bits per heavy atom. The van der Waals surface area contributed by atoms with Crippen LogP contribution < -0.4 is 4.90 Å². The third kappa shape index (κ3) is 4.64. The number of nitro groups is 1. The molecule has 0 saturated carbocycles. The fraction of sp³-hybridized carbons (Fsp3) is 0.294. The van der Waals surface area contributed by atoms with Crippen LogP contribution in [0.1, 0.15) is 0 Å². The number of carbonyl (C=O) groups excluding carboxylic acids is 1. The second-order valence-corrected chi connectivity index (χ2v) is 7.23. The summed E-state index contributed by atoms with van der Waals surface area (Å²) < 4.78 is 0. The van der Waals surface area contributed by atoms with Crippen LogP contribution in [0.15, 0.2) is 47.5 Å². The van der Waals surface area contributed by atoms with Crippen LogP contribution >= 0.6 is 23.4 Å². The van der Waals surface area contributed by atoms with E-state index in [4.69, 9.17) is 11.6 Å². The molecule has 7 nitrogen and oxygen atoms in total. The maximum atomic E-state index is 12.4. The molecule has 3 rings (SSSR count). The van der Waals surface area contributed by atoms with E-state index in [9.17, 15) is 14.9 Å². The molecule has 0 radical (unpaired) electrons. The average Bonchev–Trinajstić information content (AvgIpc) is 2.67. The van der Waals surface area contributed by atoms with E-state index in [1.54, 1.807) is 6.07 Å². The largest absolute Gasteiger partial charge is 0.353 e. The number of halogens is 1. The quantitative estimate of drug-likeness (QED) is 0.442. The lowest BCUT2D eigenvalue weighted by molar-refractivity contribution is -0.385. The van der Waals surface area contributed by atoms with Crippen molar-refractivity contribution in [2.45, 2.75) is 4.90 Å². The monoisotopic (exact) mass is 392 g/mol. The van der Waals surface area contributed by atoms with Crippen molar-refractivity contribution in [2.75, 3.05) is 36.8 Å². The topological polar surface area (TPSA) is 79.6 Å². The summed E-state index contributed by atoms with van der Waals surface area (Å²) in [6.07, 6.45) is 1.26. The van der Waals surface area contributed by atoms with E-state index >= 15 is 0 Å². The highest BCUT2D eigenvalue weighted by Gasteiger charge is 2.22. The van der Waals surface area contributed by atoms with Gasteiger partial charge in [-0.3, -0.25) is 14.9 Å². The molecule has 1 fully saturated rings. The smallest absolute Gasteiger partial charge is 0.287 e. The zero-order valence-corrected chi connectivity index (χ0v) is 15.4. The first-order chi connectivity index (χ1) is 12.5. The first-order valence-electron chi connectivity index (χ1n) is 8.04. The average molecular weight is 393 g/mol. The highest BCUT2D eigenvalue weighted by atomic mass is 35.5. The Labute approximate surface area is 160 Å². The Balaban J connectivity index is 1.48. The molecular formula is C17H17ClN4O3S. The molecule has 1 amide bonds. The predicted molar refractivity (Wildman–Crippen MR) is 102 cm³/mol. The molecule has 1 saturated heterocycles. The lowest BCUT2D eigenvalue weighted by Gasteiger charge is -2.35. The van der Waals surface area contributed by atoms with E-state index in [0.29, 0.717) is 42.8 Å². The lowest BCUT2D eigenvalue weighted by Crippen LogP contribution is -2.49. The van der Waals surface area contributed by atoms with Gasteiger partial charge in [0.15, 0.2) is 0 Å². The first-order valence-corrected chi connectivity index (χ1v) is 9.41. The Kier molecular flexibility index (Phi) is 5.95. The highest BCUT2D eigenvalue weighted by Crippen LogP contribution is 2.22. The van der Waals surface area contributed by atoms with Crippen molar-refractivity contribution < 1.29 is 9.72 Å². The summed E-state index contributed by atoms with van der Waals surface area (Å²) in [5.41, 5.74) is -0.0261. The van der Waals surface area contributed by atoms with Crippen molar-refractivity contribution in [2.24, 2.45) is 0 Å². The molecule has 1 aliphatic rings. The number of nitrogens with zero attached hydrogens (tertiary/aromatic N) is 4.